The number of hydrogen-bond donors (Lipinski definition) is 2. The maximum absolute atomic E-state index is 12.9. The lowest BCUT2D eigenvalue weighted by Crippen LogP contribution is -2.56. The van der Waals surface area contributed by atoms with Gasteiger partial charge < -0.3 is 29.7 Å². The lowest BCUT2D eigenvalue weighted by molar-refractivity contribution is 0.188. The Hall–Kier alpha value is -3.13. The van der Waals surface area contributed by atoms with Crippen LogP contribution in [0.25, 0.3) is 10.2 Å². The van der Waals surface area contributed by atoms with Crippen molar-refractivity contribution in [3.8, 4) is 5.75 Å². The Balaban J connectivity index is 1.30. The van der Waals surface area contributed by atoms with Gasteiger partial charge in [0.05, 0.1) is 27.6 Å². The van der Waals surface area contributed by atoms with Crippen molar-refractivity contribution in [1.82, 2.24) is 14.9 Å². The summed E-state index contributed by atoms with van der Waals surface area (Å²) >= 11 is 1.58. The molecule has 2 aliphatic rings. The second-order valence-electron chi connectivity index (χ2n) is 9.75. The summed E-state index contributed by atoms with van der Waals surface area (Å²) in [4.78, 5) is 14.3. The molecule has 36 heavy (non-hydrogen) atoms. The first kappa shape index (κ1) is 23.3. The monoisotopic (exact) mass is 520 g/mol. The van der Waals surface area contributed by atoms with E-state index in [1.807, 2.05) is 41.8 Å². The lowest BCUT2D eigenvalue weighted by Gasteiger charge is -2.44. The van der Waals surface area contributed by atoms with Gasteiger partial charge in [-0.15, -0.1) is 11.3 Å². The summed E-state index contributed by atoms with van der Waals surface area (Å²) in [6.45, 7) is 7.31. The summed E-state index contributed by atoms with van der Waals surface area (Å²) in [5.41, 5.74) is 3.66. The first-order chi connectivity index (χ1) is 17.3. The number of rotatable bonds is 5. The van der Waals surface area contributed by atoms with Crippen LogP contribution >= 0.6 is 18.5 Å². The number of para-hydroxylation sites is 1. The van der Waals surface area contributed by atoms with Gasteiger partial charge in [0.25, 0.3) is 0 Å². The fourth-order valence-electron chi connectivity index (χ4n) is 4.91. The van der Waals surface area contributed by atoms with E-state index >= 15 is 0 Å². The van der Waals surface area contributed by atoms with Crippen LogP contribution in [0.1, 0.15) is 0 Å². The van der Waals surface area contributed by atoms with Gasteiger partial charge in [0.2, 0.25) is 5.95 Å². The van der Waals surface area contributed by atoms with Gasteiger partial charge in [0, 0.05) is 36.7 Å². The molecule has 2 aromatic heterocycles. The van der Waals surface area contributed by atoms with E-state index in [-0.39, 0.29) is 0 Å². The molecule has 1 saturated heterocycles. The fourth-order valence-corrected chi connectivity index (χ4v) is 6.84. The van der Waals surface area contributed by atoms with Crippen LogP contribution in [0, 0.1) is 0 Å². The average Bonchev–Trinajstić information content (AvgIpc) is 3.32. The Morgan fingerprint density at radius 3 is 2.81 bits per heavy atom. The summed E-state index contributed by atoms with van der Waals surface area (Å²) in [5, 5.41) is 9.60. The smallest absolute Gasteiger partial charge is 0.229 e. The van der Waals surface area contributed by atoms with E-state index in [1.165, 1.54) is 0 Å². The van der Waals surface area contributed by atoms with Crippen LogP contribution in [0.4, 0.5) is 28.8 Å². The van der Waals surface area contributed by atoms with Gasteiger partial charge >= 0.3 is 0 Å². The molecule has 0 radical (unpaired) electrons. The van der Waals surface area contributed by atoms with E-state index < -0.39 is 7.14 Å². The van der Waals surface area contributed by atoms with Gasteiger partial charge in [0.1, 0.15) is 19.5 Å². The van der Waals surface area contributed by atoms with Crippen LogP contribution in [0.3, 0.4) is 0 Å². The highest BCUT2D eigenvalue weighted by molar-refractivity contribution is 7.70. The average molecular weight is 521 g/mol. The van der Waals surface area contributed by atoms with E-state index in [4.69, 9.17) is 14.7 Å². The number of likely N-dealkylation sites (N-methyl/N-ethyl adjacent to an activating group) is 1. The topological polar surface area (TPSA) is 82.6 Å². The number of aromatic nitrogens is 2. The maximum atomic E-state index is 12.9. The second-order valence-corrected chi connectivity index (χ2v) is 13.9. The van der Waals surface area contributed by atoms with E-state index in [9.17, 15) is 4.57 Å². The number of anilines is 5. The second kappa shape index (κ2) is 9.07. The highest BCUT2D eigenvalue weighted by Gasteiger charge is 2.31. The molecular weight excluding hydrogens is 491 g/mol. The van der Waals surface area contributed by atoms with Crippen LogP contribution in [0.5, 0.6) is 5.75 Å². The number of benzene rings is 2. The van der Waals surface area contributed by atoms with Gasteiger partial charge in [-0.2, -0.15) is 4.98 Å². The van der Waals surface area contributed by atoms with Crippen molar-refractivity contribution in [3.63, 3.8) is 0 Å². The Labute approximate surface area is 214 Å². The molecule has 1 atom stereocenters. The minimum Gasteiger partial charge on any atom is -0.489 e. The molecule has 0 spiro atoms. The number of hydrogen-bond acceptors (Lipinski definition) is 9. The predicted molar refractivity (Wildman–Crippen MR) is 150 cm³/mol. The van der Waals surface area contributed by atoms with Crippen LogP contribution in [0.15, 0.2) is 53.9 Å². The molecule has 186 valence electrons. The van der Waals surface area contributed by atoms with Gasteiger partial charge in [-0.1, -0.05) is 12.1 Å². The Kier molecular flexibility index (Phi) is 5.86. The molecule has 6 rings (SSSR count). The Morgan fingerprint density at radius 1 is 1.08 bits per heavy atom. The highest BCUT2D eigenvalue weighted by atomic mass is 32.1. The highest BCUT2D eigenvalue weighted by Crippen LogP contribution is 2.40. The summed E-state index contributed by atoms with van der Waals surface area (Å²) < 4.78 is 20.0. The summed E-state index contributed by atoms with van der Waals surface area (Å²) in [5.74, 6) is 2.06. The van der Waals surface area contributed by atoms with E-state index in [2.05, 4.69) is 39.6 Å². The number of nitrogens with one attached hydrogen (secondary N) is 2. The quantitative estimate of drug-likeness (QED) is 0.358. The summed E-state index contributed by atoms with van der Waals surface area (Å²) in [6.07, 6.45) is 0. The standard InChI is InChI=1S/C26H29N6O2PS/c1-31-11-12-32-18(15-31)16-34-22-14-17(8-9-21(22)32)27-26-29-20-10-13-36-24(20)25(30-26)28-19-6-4-5-7-23(19)35(2,3)33/h4-10,13-14,18H,11-12,15-16H2,1-3H3,(H2,27,28,29,30)/t18-/m0/s1. The van der Waals surface area contributed by atoms with Crippen molar-refractivity contribution in [2.24, 2.45) is 0 Å². The van der Waals surface area contributed by atoms with Crippen molar-refractivity contribution in [2.45, 2.75) is 6.04 Å². The molecule has 8 nitrogen and oxygen atoms in total. The molecule has 2 aromatic carbocycles. The number of fused-ring (bicyclic) bond motifs is 4. The van der Waals surface area contributed by atoms with E-state index in [0.717, 1.165) is 58.0 Å². The zero-order valence-electron chi connectivity index (χ0n) is 20.6. The van der Waals surface area contributed by atoms with Gasteiger partial charge in [0.15, 0.2) is 5.82 Å². The van der Waals surface area contributed by atoms with Gasteiger partial charge in [-0.05, 0) is 56.1 Å². The number of piperazine rings is 1. The Bertz CT molecular complexity index is 1480. The molecule has 10 heteroatoms. The lowest BCUT2D eigenvalue weighted by atomic mass is 10.1. The molecule has 0 saturated carbocycles. The van der Waals surface area contributed by atoms with E-state index in [1.54, 1.807) is 24.7 Å². The van der Waals surface area contributed by atoms with Crippen LogP contribution < -0.4 is 25.6 Å². The number of thiophene rings is 1. The van der Waals surface area contributed by atoms with Gasteiger partial charge in [-0.25, -0.2) is 4.98 Å². The minimum absolute atomic E-state index is 0.387. The zero-order valence-corrected chi connectivity index (χ0v) is 22.3. The van der Waals surface area contributed by atoms with Gasteiger partial charge in [-0.3, -0.25) is 0 Å². The predicted octanol–water partition coefficient (Wildman–Crippen LogP) is 4.94. The third-order valence-corrected chi connectivity index (χ3v) is 9.14. The van der Waals surface area contributed by atoms with Crippen molar-refractivity contribution in [2.75, 3.05) is 62.2 Å². The molecule has 0 unspecified atom stereocenters. The Morgan fingerprint density at radius 2 is 1.94 bits per heavy atom. The summed E-state index contributed by atoms with van der Waals surface area (Å²) in [6, 6.07) is 16.3. The maximum Gasteiger partial charge on any atom is 0.229 e. The molecule has 1 fully saturated rings. The third-order valence-electron chi connectivity index (χ3n) is 6.68. The number of nitrogens with zero attached hydrogens (tertiary/aromatic N) is 4. The molecular formula is C26H29N6O2PS. The largest absolute Gasteiger partial charge is 0.489 e. The van der Waals surface area contributed by atoms with Crippen molar-refractivity contribution >= 4 is 62.8 Å². The molecule has 2 N–H and O–H groups in total. The summed E-state index contributed by atoms with van der Waals surface area (Å²) in [7, 11) is -0.307. The fraction of sp³-hybridized carbons (Fsp3) is 0.308. The minimum atomic E-state index is -2.47. The first-order valence-corrected chi connectivity index (χ1v) is 15.5. The molecule has 4 aromatic rings. The number of ether oxygens (including phenoxy) is 1. The molecule has 0 bridgehead atoms. The van der Waals surface area contributed by atoms with Crippen LogP contribution in [-0.4, -0.2) is 67.5 Å². The van der Waals surface area contributed by atoms with Crippen molar-refractivity contribution < 1.29 is 9.30 Å². The third kappa shape index (κ3) is 4.43. The van der Waals surface area contributed by atoms with Crippen molar-refractivity contribution in [1.29, 1.82) is 0 Å². The SMILES string of the molecule is CN1CCN2c3ccc(Nc4nc(Nc5ccccc5P(C)(C)=O)c5sccc5n4)cc3OC[C@@H]2C1. The van der Waals surface area contributed by atoms with Crippen LogP contribution in [-0.2, 0) is 4.57 Å². The molecule has 4 heterocycles. The first-order valence-electron chi connectivity index (χ1n) is 12.0. The normalized spacial score (nSPS) is 17.9. The molecule has 0 amide bonds. The molecule has 2 aliphatic heterocycles. The van der Waals surface area contributed by atoms with E-state index in [0.29, 0.717) is 24.4 Å². The zero-order chi connectivity index (χ0) is 24.9. The molecule has 0 aliphatic carbocycles. The van der Waals surface area contributed by atoms with Crippen LogP contribution in [0.2, 0.25) is 0 Å². The van der Waals surface area contributed by atoms with Crippen molar-refractivity contribution in [3.05, 3.63) is 53.9 Å².